The molecule has 1 aromatic carbocycles. The van der Waals surface area contributed by atoms with Gasteiger partial charge in [-0.3, -0.25) is 9.11 Å². The molecule has 10 heteroatoms. The maximum absolute atomic E-state index is 10.8. The Labute approximate surface area is 136 Å². The van der Waals surface area contributed by atoms with E-state index >= 15 is 0 Å². The van der Waals surface area contributed by atoms with Crippen LogP contribution in [0.1, 0.15) is 1.43 Å². The van der Waals surface area contributed by atoms with Crippen LogP contribution in [0, 0.1) is 0 Å². The van der Waals surface area contributed by atoms with Gasteiger partial charge in [-0.25, -0.2) is 0 Å². The van der Waals surface area contributed by atoms with Crippen LogP contribution in [0.3, 0.4) is 0 Å². The van der Waals surface area contributed by atoms with Crippen LogP contribution >= 0.6 is 0 Å². The molecule has 0 unspecified atom stereocenters. The Balaban J connectivity index is 0. The molecule has 1 aromatic rings. The predicted octanol–water partition coefficient (Wildman–Crippen LogP) is -3.12. The minimum atomic E-state index is -4.81. The standard InChI is InChI=1S/C6H7NO6S2.K.H/c7-4-2-1-3-5(14(8,9)10)6(4)15(11,12)13;;/h1-3H,7H2,(H,8,9,10)(H,11,12,13);;/q;+1;-1. The number of nitrogen functional groups attached to an aromatic ring is 1. The van der Waals surface area contributed by atoms with Crippen LogP contribution in [0.4, 0.5) is 5.69 Å². The number of rotatable bonds is 2. The van der Waals surface area contributed by atoms with E-state index in [4.69, 9.17) is 14.8 Å². The quantitative estimate of drug-likeness (QED) is 0.298. The fraction of sp³-hybridized carbons (Fsp3) is 0. The molecular weight excluding hydrogens is 285 g/mol. The summed E-state index contributed by atoms with van der Waals surface area (Å²) in [4.78, 5) is -1.97. The zero-order valence-corrected chi connectivity index (χ0v) is 12.9. The van der Waals surface area contributed by atoms with Gasteiger partial charge in [0.05, 0.1) is 5.69 Å². The Hall–Kier alpha value is 0.476. The maximum Gasteiger partial charge on any atom is 1.00 e. The summed E-state index contributed by atoms with van der Waals surface area (Å²) in [5.41, 5.74) is 4.72. The molecule has 0 radical (unpaired) electrons. The maximum atomic E-state index is 10.8. The predicted molar refractivity (Wildman–Crippen MR) is 51.6 cm³/mol. The topological polar surface area (TPSA) is 135 Å². The summed E-state index contributed by atoms with van der Waals surface area (Å²) in [6, 6.07) is 3.03. The Morgan fingerprint density at radius 1 is 1.06 bits per heavy atom. The van der Waals surface area contributed by atoms with Crippen LogP contribution in [0.5, 0.6) is 0 Å². The first-order valence-electron chi connectivity index (χ1n) is 3.47. The molecule has 0 aliphatic heterocycles. The van der Waals surface area contributed by atoms with E-state index in [1.54, 1.807) is 0 Å². The van der Waals surface area contributed by atoms with Gasteiger partial charge in [0.15, 0.2) is 0 Å². The number of anilines is 1. The van der Waals surface area contributed by atoms with Crippen molar-refractivity contribution in [1.29, 1.82) is 0 Å². The Kier molecular flexibility index (Phi) is 5.57. The van der Waals surface area contributed by atoms with Gasteiger partial charge in [-0.15, -0.1) is 0 Å². The zero-order valence-electron chi connectivity index (χ0n) is 9.15. The SMILES string of the molecule is Nc1cccc(S(=O)(=O)O)c1S(=O)(=O)O.[H-].[K+]. The molecule has 7 nitrogen and oxygen atoms in total. The first-order chi connectivity index (χ1) is 6.64. The van der Waals surface area contributed by atoms with E-state index in [9.17, 15) is 16.8 Å². The van der Waals surface area contributed by atoms with Gasteiger partial charge < -0.3 is 7.16 Å². The van der Waals surface area contributed by atoms with E-state index in [-0.39, 0.29) is 52.8 Å². The van der Waals surface area contributed by atoms with Crippen molar-refractivity contribution in [2.24, 2.45) is 0 Å². The van der Waals surface area contributed by atoms with Gasteiger partial charge >= 0.3 is 51.4 Å². The van der Waals surface area contributed by atoms with Gasteiger partial charge in [-0.1, -0.05) is 6.07 Å². The van der Waals surface area contributed by atoms with Crippen LogP contribution < -0.4 is 57.1 Å². The summed E-state index contributed by atoms with van der Waals surface area (Å²) in [5.74, 6) is 0. The molecule has 0 amide bonds. The first-order valence-corrected chi connectivity index (χ1v) is 6.35. The third-order valence-corrected chi connectivity index (χ3v) is 3.54. The minimum Gasteiger partial charge on any atom is -1.00 e. The molecule has 0 aliphatic carbocycles. The van der Waals surface area contributed by atoms with Gasteiger partial charge in [0, 0.05) is 0 Å². The molecule has 0 atom stereocenters. The number of nitrogens with two attached hydrogens (primary N) is 1. The fourth-order valence-electron chi connectivity index (χ4n) is 1.01. The van der Waals surface area contributed by atoms with Gasteiger partial charge in [0.2, 0.25) is 0 Å². The molecule has 0 bridgehead atoms. The van der Waals surface area contributed by atoms with Gasteiger partial charge in [0.1, 0.15) is 9.79 Å². The van der Waals surface area contributed by atoms with Gasteiger partial charge in [-0.05, 0) is 12.1 Å². The molecule has 0 aliphatic rings. The van der Waals surface area contributed by atoms with Crippen molar-refractivity contribution in [2.45, 2.75) is 9.79 Å². The van der Waals surface area contributed by atoms with Crippen LogP contribution in [-0.4, -0.2) is 25.9 Å². The smallest absolute Gasteiger partial charge is 1.00 e. The number of benzene rings is 1. The summed E-state index contributed by atoms with van der Waals surface area (Å²) in [6.45, 7) is 0. The average Bonchev–Trinajstić information content (AvgIpc) is 1.99. The second-order valence-corrected chi connectivity index (χ2v) is 5.37. The Bertz CT molecular complexity index is 599. The van der Waals surface area contributed by atoms with Crippen molar-refractivity contribution in [2.75, 3.05) is 5.73 Å². The summed E-state index contributed by atoms with van der Waals surface area (Å²) in [6.07, 6.45) is 0. The first kappa shape index (κ1) is 16.5. The number of hydrogen-bond donors (Lipinski definition) is 3. The monoisotopic (exact) mass is 293 g/mol. The summed E-state index contributed by atoms with van der Waals surface area (Å²) in [7, 11) is -9.57. The van der Waals surface area contributed by atoms with Crippen molar-refractivity contribution >= 4 is 25.9 Å². The normalized spacial score (nSPS) is 11.9. The van der Waals surface area contributed by atoms with Gasteiger partial charge in [-0.2, -0.15) is 16.8 Å². The van der Waals surface area contributed by atoms with Crippen LogP contribution in [0.15, 0.2) is 28.0 Å². The van der Waals surface area contributed by atoms with Crippen molar-refractivity contribution in [1.82, 2.24) is 0 Å². The third kappa shape index (κ3) is 3.75. The summed E-state index contributed by atoms with van der Waals surface area (Å²) in [5, 5.41) is 0. The molecule has 0 aromatic heterocycles. The van der Waals surface area contributed by atoms with Crippen LogP contribution in [-0.2, 0) is 20.2 Å². The van der Waals surface area contributed by atoms with Crippen LogP contribution in [0.25, 0.3) is 0 Å². The molecule has 1 rings (SSSR count). The van der Waals surface area contributed by atoms with E-state index in [0.717, 1.165) is 18.2 Å². The molecule has 0 saturated heterocycles. The minimum absolute atomic E-state index is 0. The van der Waals surface area contributed by atoms with Crippen molar-refractivity contribution in [3.05, 3.63) is 18.2 Å². The van der Waals surface area contributed by atoms with E-state index in [1.807, 2.05) is 0 Å². The van der Waals surface area contributed by atoms with E-state index in [0.29, 0.717) is 0 Å². The molecule has 86 valence electrons. The molecular formula is C6H8KNO6S2. The van der Waals surface area contributed by atoms with Crippen LogP contribution in [0.2, 0.25) is 0 Å². The second-order valence-electron chi connectivity index (χ2n) is 2.62. The van der Waals surface area contributed by atoms with Crippen molar-refractivity contribution < 1.29 is 78.8 Å². The van der Waals surface area contributed by atoms with Crippen molar-refractivity contribution in [3.8, 4) is 0 Å². The Morgan fingerprint density at radius 3 is 1.88 bits per heavy atom. The summed E-state index contributed by atoms with van der Waals surface area (Å²) < 4.78 is 60.6. The second kappa shape index (κ2) is 5.41. The van der Waals surface area contributed by atoms with E-state index in [2.05, 4.69) is 0 Å². The number of hydrogen-bond acceptors (Lipinski definition) is 5. The average molecular weight is 293 g/mol. The molecule has 4 N–H and O–H groups in total. The Morgan fingerprint density at radius 2 is 1.56 bits per heavy atom. The molecule has 16 heavy (non-hydrogen) atoms. The van der Waals surface area contributed by atoms with E-state index in [1.165, 1.54) is 0 Å². The van der Waals surface area contributed by atoms with Crippen molar-refractivity contribution in [3.63, 3.8) is 0 Å². The molecule has 0 saturated carbocycles. The zero-order chi connectivity index (χ0) is 11.9. The third-order valence-electron chi connectivity index (χ3n) is 1.55. The largest absolute Gasteiger partial charge is 1.00 e. The van der Waals surface area contributed by atoms with Gasteiger partial charge in [0.25, 0.3) is 20.2 Å². The molecule has 0 fully saturated rings. The van der Waals surface area contributed by atoms with E-state index < -0.39 is 35.7 Å². The molecule has 0 spiro atoms. The summed E-state index contributed by atoms with van der Waals surface area (Å²) >= 11 is 0. The molecule has 0 heterocycles. The fourth-order valence-corrected chi connectivity index (χ4v) is 2.93.